The Hall–Kier alpha value is -5.91. The highest BCUT2D eigenvalue weighted by atomic mass is 16.3. The van der Waals surface area contributed by atoms with Crippen LogP contribution in [0.25, 0.3) is 0 Å². The molecule has 1 aliphatic heterocycles. The highest BCUT2D eigenvalue weighted by Gasteiger charge is 2.52. The number of allylic oxidation sites excluding steroid dienone is 1. The number of para-hydroxylation sites is 2. The summed E-state index contributed by atoms with van der Waals surface area (Å²) in [6, 6.07) is 31.0. The zero-order valence-corrected chi connectivity index (χ0v) is 27.6. The third kappa shape index (κ3) is 6.82. The minimum Gasteiger partial charge on any atom is -0.396 e. The molecule has 0 bridgehead atoms. The lowest BCUT2D eigenvalue weighted by Gasteiger charge is -2.28. The fourth-order valence-corrected chi connectivity index (χ4v) is 6.27. The van der Waals surface area contributed by atoms with Crippen LogP contribution in [0.2, 0.25) is 0 Å². The van der Waals surface area contributed by atoms with Crippen LogP contribution in [0.5, 0.6) is 0 Å². The Labute approximate surface area is 290 Å². The van der Waals surface area contributed by atoms with Crippen LogP contribution in [0.3, 0.4) is 0 Å². The molecule has 11 heteroatoms. The van der Waals surface area contributed by atoms with Crippen LogP contribution < -0.4 is 14.7 Å². The molecule has 254 valence electrons. The monoisotopic (exact) mass is 670 g/mol. The van der Waals surface area contributed by atoms with Gasteiger partial charge in [-0.15, -0.1) is 5.10 Å². The van der Waals surface area contributed by atoms with Crippen LogP contribution in [0, 0.1) is 5.92 Å². The maximum atomic E-state index is 14.4. The minimum atomic E-state index is -1.94. The molecule has 3 amide bonds. The first-order valence-electron chi connectivity index (χ1n) is 16.4. The summed E-state index contributed by atoms with van der Waals surface area (Å²) in [6.45, 7) is 2.46. The van der Waals surface area contributed by atoms with E-state index in [9.17, 15) is 19.5 Å². The Kier molecular flexibility index (Phi) is 10.3. The van der Waals surface area contributed by atoms with E-state index in [4.69, 9.17) is 5.11 Å². The van der Waals surface area contributed by atoms with Crippen molar-refractivity contribution in [1.29, 1.82) is 0 Å². The largest absolute Gasteiger partial charge is 0.396 e. The lowest BCUT2D eigenvalue weighted by Crippen LogP contribution is -2.44. The molecule has 0 aliphatic carbocycles. The summed E-state index contributed by atoms with van der Waals surface area (Å²) in [4.78, 5) is 43.5. The first kappa shape index (κ1) is 34.0. The molecule has 50 heavy (non-hydrogen) atoms. The number of benzene rings is 4. The molecule has 5 aromatic rings. The quantitative estimate of drug-likeness (QED) is 0.112. The van der Waals surface area contributed by atoms with Gasteiger partial charge < -0.3 is 15.1 Å². The van der Waals surface area contributed by atoms with Gasteiger partial charge in [0.25, 0.3) is 5.91 Å². The van der Waals surface area contributed by atoms with Gasteiger partial charge in [0.2, 0.25) is 12.8 Å². The van der Waals surface area contributed by atoms with Gasteiger partial charge >= 0.3 is 0 Å². The van der Waals surface area contributed by atoms with Gasteiger partial charge in [0.1, 0.15) is 0 Å². The molecular weight excluding hydrogens is 632 g/mol. The number of aryl methyl sites for hydroxylation is 1. The van der Waals surface area contributed by atoms with Gasteiger partial charge in [-0.05, 0) is 66.6 Å². The molecule has 6 rings (SSSR count). The number of carbonyl (C=O) groups is 3. The van der Waals surface area contributed by atoms with Gasteiger partial charge in [0.05, 0.1) is 17.9 Å². The van der Waals surface area contributed by atoms with E-state index in [2.05, 4.69) is 10.3 Å². The van der Waals surface area contributed by atoms with E-state index in [0.717, 1.165) is 12.0 Å². The lowest BCUT2D eigenvalue weighted by atomic mass is 9.82. The summed E-state index contributed by atoms with van der Waals surface area (Å²) in [5, 5.41) is 29.7. The van der Waals surface area contributed by atoms with Crippen molar-refractivity contribution in [2.45, 2.75) is 38.5 Å². The Morgan fingerprint density at radius 1 is 0.840 bits per heavy atom. The molecule has 4 aromatic carbocycles. The van der Waals surface area contributed by atoms with Crippen LogP contribution in [0.1, 0.15) is 30.2 Å². The Bertz CT molecular complexity index is 1980. The van der Waals surface area contributed by atoms with Gasteiger partial charge in [-0.25, -0.2) is 0 Å². The van der Waals surface area contributed by atoms with Crippen LogP contribution in [-0.4, -0.2) is 50.5 Å². The van der Waals surface area contributed by atoms with Crippen LogP contribution in [0.4, 0.5) is 28.4 Å². The van der Waals surface area contributed by atoms with Gasteiger partial charge in [0, 0.05) is 60.0 Å². The number of carbonyl (C=O) groups excluding carboxylic acids is 3. The van der Waals surface area contributed by atoms with Crippen molar-refractivity contribution >= 4 is 47.2 Å². The number of aromatic nitrogens is 3. The average Bonchev–Trinajstić information content (AvgIpc) is 3.68. The van der Waals surface area contributed by atoms with E-state index in [0.29, 0.717) is 65.5 Å². The van der Waals surface area contributed by atoms with Crippen molar-refractivity contribution in [2.24, 2.45) is 5.92 Å². The third-order valence-electron chi connectivity index (χ3n) is 8.90. The fraction of sp³-hybridized carbons (Fsp3) is 0.205. The number of amides is 3. The number of aliphatic hydroxyl groups excluding tert-OH is 1. The molecule has 2 heterocycles. The van der Waals surface area contributed by atoms with Crippen molar-refractivity contribution in [3.63, 3.8) is 0 Å². The second-order valence-electron chi connectivity index (χ2n) is 12.1. The molecule has 2 atom stereocenters. The normalized spacial score (nSPS) is 16.0. The standard InChI is InChI=1S/C39H38N6O5/c1-29(11-8-9-21-42-26-31(20-22-46)40-41-42)39(50)36-24-35(45(28-48)33-15-6-3-7-16-33)18-19-37(36)43(38(39)49)25-30-12-10-17-34(23-30)44(27-47)32-13-4-2-5-14-32/h2-8,10-19,23-24,26-29,46,50H,9,20-22,25H2,1H3/b11-8+/t29-,39+/m1/s1. The summed E-state index contributed by atoms with van der Waals surface area (Å²) in [5.41, 5.74) is 2.93. The first-order chi connectivity index (χ1) is 24.4. The second kappa shape index (κ2) is 15.1. The lowest BCUT2D eigenvalue weighted by molar-refractivity contribution is -0.139. The minimum absolute atomic E-state index is 0.00477. The molecule has 0 unspecified atom stereocenters. The van der Waals surface area contributed by atoms with Crippen LogP contribution in [-0.2, 0) is 39.5 Å². The van der Waals surface area contributed by atoms with Gasteiger partial charge in [-0.2, -0.15) is 0 Å². The first-order valence-corrected chi connectivity index (χ1v) is 16.4. The number of fused-ring (bicyclic) bond motifs is 1. The molecular formula is C39H38N6O5. The Morgan fingerprint density at radius 2 is 1.48 bits per heavy atom. The molecule has 11 nitrogen and oxygen atoms in total. The summed E-state index contributed by atoms with van der Waals surface area (Å²) in [5.74, 6) is -1.14. The zero-order chi connectivity index (χ0) is 35.1. The van der Waals surface area contributed by atoms with E-state index in [1.54, 1.807) is 40.9 Å². The zero-order valence-electron chi connectivity index (χ0n) is 27.6. The van der Waals surface area contributed by atoms with E-state index in [-0.39, 0.29) is 13.2 Å². The number of hydrogen-bond donors (Lipinski definition) is 2. The second-order valence-corrected chi connectivity index (χ2v) is 12.1. The van der Waals surface area contributed by atoms with E-state index in [1.807, 2.05) is 97.1 Å². The van der Waals surface area contributed by atoms with Crippen molar-refractivity contribution in [3.8, 4) is 0 Å². The van der Waals surface area contributed by atoms with Gasteiger partial charge in [0.15, 0.2) is 5.60 Å². The summed E-state index contributed by atoms with van der Waals surface area (Å²) >= 11 is 0. The van der Waals surface area contributed by atoms with Crippen molar-refractivity contribution in [1.82, 2.24) is 15.0 Å². The highest BCUT2D eigenvalue weighted by Crippen LogP contribution is 2.47. The van der Waals surface area contributed by atoms with Crippen molar-refractivity contribution < 1.29 is 24.6 Å². The predicted molar refractivity (Wildman–Crippen MR) is 191 cm³/mol. The Balaban J connectivity index is 1.32. The van der Waals surface area contributed by atoms with Gasteiger partial charge in [-0.3, -0.25) is 28.9 Å². The van der Waals surface area contributed by atoms with Crippen molar-refractivity contribution in [3.05, 3.63) is 138 Å². The number of anilines is 5. The predicted octanol–water partition coefficient (Wildman–Crippen LogP) is 5.42. The molecule has 0 fully saturated rings. The fourth-order valence-electron chi connectivity index (χ4n) is 6.27. The van der Waals surface area contributed by atoms with E-state index >= 15 is 0 Å². The topological polar surface area (TPSA) is 132 Å². The molecule has 0 radical (unpaired) electrons. The number of aliphatic hydroxyl groups is 2. The van der Waals surface area contributed by atoms with Crippen LogP contribution >= 0.6 is 0 Å². The maximum Gasteiger partial charge on any atom is 0.264 e. The number of hydrogen-bond acceptors (Lipinski definition) is 7. The third-order valence-corrected chi connectivity index (χ3v) is 8.90. The van der Waals surface area contributed by atoms with E-state index < -0.39 is 17.4 Å². The number of nitrogens with zero attached hydrogens (tertiary/aromatic N) is 6. The molecule has 1 aliphatic rings. The maximum absolute atomic E-state index is 14.4. The van der Waals surface area contributed by atoms with Crippen molar-refractivity contribution in [2.75, 3.05) is 21.3 Å². The summed E-state index contributed by atoms with van der Waals surface area (Å²) < 4.78 is 1.69. The molecule has 0 saturated heterocycles. The highest BCUT2D eigenvalue weighted by molar-refractivity contribution is 6.08. The van der Waals surface area contributed by atoms with E-state index in [1.165, 1.54) is 9.80 Å². The SMILES string of the molecule is C[C@H](/C=C/CCn1cc(CCO)nn1)[C@@]1(O)C(=O)N(Cc2cccc(N(C=O)c3ccccc3)c2)c2ccc(N(C=O)c3ccccc3)cc21. The molecule has 0 saturated carbocycles. The summed E-state index contributed by atoms with van der Waals surface area (Å²) in [6.07, 6.45) is 7.97. The Morgan fingerprint density at radius 3 is 2.12 bits per heavy atom. The van der Waals surface area contributed by atoms with Crippen LogP contribution in [0.15, 0.2) is 121 Å². The van der Waals surface area contributed by atoms with Gasteiger partial charge in [-0.1, -0.05) is 72.8 Å². The molecule has 0 spiro atoms. The smallest absolute Gasteiger partial charge is 0.264 e. The summed E-state index contributed by atoms with van der Waals surface area (Å²) in [7, 11) is 0. The number of rotatable bonds is 15. The molecule has 2 N–H and O–H groups in total. The molecule has 1 aromatic heterocycles. The average molecular weight is 671 g/mol.